The number of amides is 1. The van der Waals surface area contributed by atoms with Crippen molar-refractivity contribution in [1.82, 2.24) is 14.9 Å². The predicted octanol–water partition coefficient (Wildman–Crippen LogP) is 2.87. The van der Waals surface area contributed by atoms with Crippen molar-refractivity contribution < 1.29 is 4.79 Å². The van der Waals surface area contributed by atoms with Crippen LogP contribution >= 0.6 is 11.3 Å². The minimum Gasteiger partial charge on any atom is -0.397 e. The Labute approximate surface area is 143 Å². The zero-order valence-electron chi connectivity index (χ0n) is 13.0. The molecule has 0 atom stereocenters. The molecule has 0 aromatic carbocycles. The lowest BCUT2D eigenvalue weighted by atomic mass is 10.2. The Kier molecular flexibility index (Phi) is 3.74. The van der Waals surface area contributed by atoms with E-state index in [-0.39, 0.29) is 12.3 Å². The first-order chi connectivity index (χ1) is 11.7. The normalized spacial score (nSPS) is 13.1. The van der Waals surface area contributed by atoms with Gasteiger partial charge in [-0.25, -0.2) is 4.98 Å². The average molecular weight is 336 g/mol. The van der Waals surface area contributed by atoms with Gasteiger partial charge in [-0.3, -0.25) is 9.78 Å². The minimum absolute atomic E-state index is 0.0236. The van der Waals surface area contributed by atoms with Crippen LogP contribution in [-0.4, -0.2) is 20.8 Å². The van der Waals surface area contributed by atoms with E-state index in [9.17, 15) is 4.79 Å². The molecular formula is C18H16N4OS. The number of rotatable bonds is 3. The predicted molar refractivity (Wildman–Crippen MR) is 94.2 cm³/mol. The van der Waals surface area contributed by atoms with E-state index < -0.39 is 0 Å². The van der Waals surface area contributed by atoms with Crippen molar-refractivity contribution in [1.29, 1.82) is 0 Å². The van der Waals surface area contributed by atoms with Gasteiger partial charge in [0.15, 0.2) is 0 Å². The van der Waals surface area contributed by atoms with Crippen molar-refractivity contribution in [2.45, 2.75) is 19.5 Å². The highest BCUT2D eigenvalue weighted by atomic mass is 32.1. The molecule has 120 valence electrons. The lowest BCUT2D eigenvalue weighted by Crippen LogP contribution is -2.27. The van der Waals surface area contributed by atoms with E-state index in [0.717, 1.165) is 21.8 Å². The van der Waals surface area contributed by atoms with Crippen LogP contribution in [0, 0.1) is 0 Å². The van der Waals surface area contributed by atoms with E-state index >= 15 is 0 Å². The second-order valence-corrected chi connectivity index (χ2v) is 6.69. The number of nitrogen functional groups attached to an aromatic ring is 1. The Balaban J connectivity index is 1.53. The third-order valence-electron chi connectivity index (χ3n) is 4.14. The van der Waals surface area contributed by atoms with Gasteiger partial charge in [0.1, 0.15) is 0 Å². The van der Waals surface area contributed by atoms with Crippen molar-refractivity contribution in [3.05, 3.63) is 64.9 Å². The molecule has 6 heteroatoms. The molecule has 24 heavy (non-hydrogen) atoms. The maximum atomic E-state index is 12.6. The van der Waals surface area contributed by atoms with Crippen molar-refractivity contribution in [2.24, 2.45) is 0 Å². The molecular weight excluding hydrogens is 320 g/mol. The first kappa shape index (κ1) is 14.8. The third kappa shape index (κ3) is 2.76. The lowest BCUT2D eigenvalue weighted by molar-refractivity contribution is -0.131. The van der Waals surface area contributed by atoms with Gasteiger partial charge >= 0.3 is 0 Å². The Morgan fingerprint density at radius 2 is 2.12 bits per heavy atom. The van der Waals surface area contributed by atoms with Crippen LogP contribution in [0.4, 0.5) is 5.69 Å². The number of nitrogens with zero attached hydrogens (tertiary/aromatic N) is 3. The molecule has 1 aliphatic rings. The van der Waals surface area contributed by atoms with Crippen LogP contribution in [0.1, 0.15) is 17.0 Å². The lowest BCUT2D eigenvalue weighted by Gasteiger charge is -2.15. The second-order valence-electron chi connectivity index (χ2n) is 5.75. The van der Waals surface area contributed by atoms with E-state index in [2.05, 4.69) is 9.97 Å². The van der Waals surface area contributed by atoms with Crippen LogP contribution in [0.2, 0.25) is 0 Å². The number of hydrogen-bond donors (Lipinski definition) is 1. The molecule has 4 rings (SSSR count). The van der Waals surface area contributed by atoms with Gasteiger partial charge in [-0.1, -0.05) is 12.1 Å². The number of aromatic nitrogens is 2. The molecule has 4 heterocycles. The monoisotopic (exact) mass is 336 g/mol. The zero-order valence-corrected chi connectivity index (χ0v) is 13.8. The Morgan fingerprint density at radius 1 is 1.21 bits per heavy atom. The van der Waals surface area contributed by atoms with E-state index in [1.807, 2.05) is 41.8 Å². The summed E-state index contributed by atoms with van der Waals surface area (Å²) in [5.41, 5.74) is 10.2. The number of pyridine rings is 2. The number of nitrogens with two attached hydrogens (primary N) is 1. The van der Waals surface area contributed by atoms with Crippen LogP contribution in [-0.2, 0) is 24.3 Å². The van der Waals surface area contributed by atoms with Crippen LogP contribution in [0.15, 0.2) is 48.0 Å². The molecule has 0 radical (unpaired) electrons. The molecule has 0 aliphatic carbocycles. The van der Waals surface area contributed by atoms with E-state index in [0.29, 0.717) is 24.5 Å². The fraction of sp³-hybridized carbons (Fsp3) is 0.167. The highest BCUT2D eigenvalue weighted by molar-refractivity contribution is 7.13. The number of carbonyl (C=O) groups is 1. The van der Waals surface area contributed by atoms with Gasteiger partial charge < -0.3 is 10.6 Å². The van der Waals surface area contributed by atoms with Gasteiger partial charge in [-0.05, 0) is 35.2 Å². The summed E-state index contributed by atoms with van der Waals surface area (Å²) in [7, 11) is 0. The van der Waals surface area contributed by atoms with Crippen LogP contribution in [0.25, 0.3) is 10.6 Å². The standard InChI is InChI=1S/C18H16N4OS/c19-13-5-6-14(17-4-2-8-24-17)21-15(13)9-18(23)22-10-12-3-1-7-20-16(12)11-22/h1-8H,9-11,19H2. The van der Waals surface area contributed by atoms with Gasteiger partial charge in [0.2, 0.25) is 5.91 Å². The topological polar surface area (TPSA) is 72.1 Å². The summed E-state index contributed by atoms with van der Waals surface area (Å²) in [5.74, 6) is 0.0236. The SMILES string of the molecule is Nc1ccc(-c2cccs2)nc1CC(=O)N1Cc2cccnc2C1. The average Bonchev–Trinajstić information content (AvgIpc) is 3.26. The van der Waals surface area contributed by atoms with Gasteiger partial charge in [0.25, 0.3) is 0 Å². The molecule has 3 aromatic rings. The van der Waals surface area contributed by atoms with E-state index in [1.165, 1.54) is 0 Å². The van der Waals surface area contributed by atoms with Gasteiger partial charge in [0, 0.05) is 12.7 Å². The van der Waals surface area contributed by atoms with Gasteiger partial charge in [-0.2, -0.15) is 0 Å². The molecule has 3 aromatic heterocycles. The highest BCUT2D eigenvalue weighted by Crippen LogP contribution is 2.26. The Morgan fingerprint density at radius 3 is 2.92 bits per heavy atom. The number of carbonyl (C=O) groups excluding carboxylic acids is 1. The number of hydrogen-bond acceptors (Lipinski definition) is 5. The molecule has 2 N–H and O–H groups in total. The summed E-state index contributed by atoms with van der Waals surface area (Å²) < 4.78 is 0. The molecule has 0 fully saturated rings. The van der Waals surface area contributed by atoms with Crippen molar-refractivity contribution >= 4 is 22.9 Å². The Bertz CT molecular complexity index is 867. The minimum atomic E-state index is 0.0236. The summed E-state index contributed by atoms with van der Waals surface area (Å²) >= 11 is 1.62. The van der Waals surface area contributed by atoms with Crippen molar-refractivity contribution in [3.63, 3.8) is 0 Å². The molecule has 1 aliphatic heterocycles. The third-order valence-corrected chi connectivity index (χ3v) is 5.03. The van der Waals surface area contributed by atoms with Gasteiger partial charge in [0.05, 0.1) is 40.6 Å². The van der Waals surface area contributed by atoms with E-state index in [1.54, 1.807) is 22.4 Å². The molecule has 0 unspecified atom stereocenters. The van der Waals surface area contributed by atoms with Crippen molar-refractivity contribution in [3.8, 4) is 10.6 Å². The summed E-state index contributed by atoms with van der Waals surface area (Å²) in [5, 5.41) is 2.01. The van der Waals surface area contributed by atoms with Crippen LogP contribution < -0.4 is 5.73 Å². The fourth-order valence-electron chi connectivity index (χ4n) is 2.85. The summed E-state index contributed by atoms with van der Waals surface area (Å²) in [6.07, 6.45) is 1.97. The zero-order chi connectivity index (χ0) is 16.5. The molecule has 1 amide bonds. The molecule has 0 saturated carbocycles. The maximum Gasteiger partial charge on any atom is 0.229 e. The van der Waals surface area contributed by atoms with Gasteiger partial charge in [-0.15, -0.1) is 11.3 Å². The molecule has 0 spiro atoms. The number of fused-ring (bicyclic) bond motifs is 1. The fourth-order valence-corrected chi connectivity index (χ4v) is 3.54. The maximum absolute atomic E-state index is 12.6. The summed E-state index contributed by atoms with van der Waals surface area (Å²) in [6, 6.07) is 11.6. The molecule has 5 nitrogen and oxygen atoms in total. The first-order valence-corrected chi connectivity index (χ1v) is 8.58. The van der Waals surface area contributed by atoms with Crippen LogP contribution in [0.5, 0.6) is 0 Å². The smallest absolute Gasteiger partial charge is 0.229 e. The largest absolute Gasteiger partial charge is 0.397 e. The Hall–Kier alpha value is -2.73. The number of anilines is 1. The molecule has 0 saturated heterocycles. The first-order valence-electron chi connectivity index (χ1n) is 7.70. The molecule has 0 bridgehead atoms. The number of thiophene rings is 1. The van der Waals surface area contributed by atoms with E-state index in [4.69, 9.17) is 5.73 Å². The summed E-state index contributed by atoms with van der Waals surface area (Å²) in [4.78, 5) is 24.4. The quantitative estimate of drug-likeness (QED) is 0.798. The summed E-state index contributed by atoms with van der Waals surface area (Å²) in [6.45, 7) is 1.16. The van der Waals surface area contributed by atoms with Crippen LogP contribution in [0.3, 0.4) is 0 Å². The second kappa shape index (κ2) is 6.05. The van der Waals surface area contributed by atoms with Crippen molar-refractivity contribution in [2.75, 3.05) is 5.73 Å². The highest BCUT2D eigenvalue weighted by Gasteiger charge is 2.24.